The van der Waals surface area contributed by atoms with E-state index in [0.717, 1.165) is 44.7 Å². The normalized spacial score (nSPS) is 26.7. The molecule has 1 aliphatic carbocycles. The molecule has 2 heterocycles. The number of ether oxygens (including phenoxy) is 2. The Labute approximate surface area is 126 Å². The Hall–Kier alpha value is -1.36. The van der Waals surface area contributed by atoms with Gasteiger partial charge in [0, 0.05) is 13.2 Å². The molecule has 0 amide bonds. The van der Waals surface area contributed by atoms with E-state index in [0.29, 0.717) is 12.0 Å². The van der Waals surface area contributed by atoms with Crippen molar-refractivity contribution in [2.45, 2.75) is 63.6 Å². The highest BCUT2D eigenvalue weighted by Crippen LogP contribution is 2.26. The third-order valence-corrected chi connectivity index (χ3v) is 4.40. The lowest BCUT2D eigenvalue weighted by molar-refractivity contribution is 0.0314. The van der Waals surface area contributed by atoms with Gasteiger partial charge >= 0.3 is 0 Å². The number of anilines is 1. The minimum Gasteiger partial charge on any atom is -0.473 e. The van der Waals surface area contributed by atoms with E-state index in [1.807, 2.05) is 0 Å². The van der Waals surface area contributed by atoms with Gasteiger partial charge in [-0.2, -0.15) is 4.98 Å². The number of aromatic nitrogens is 2. The van der Waals surface area contributed by atoms with Crippen LogP contribution >= 0.6 is 0 Å². The standard InChI is InChI=1S/C16H25N3O2/c1-16(8-5-9-20-16)12-18-14-10-17-11-15(19-14)21-13-6-3-2-4-7-13/h10-11,13H,2-9,12H2,1H3,(H,18,19). The topological polar surface area (TPSA) is 56.3 Å². The summed E-state index contributed by atoms with van der Waals surface area (Å²) in [5.74, 6) is 1.39. The molecule has 0 aromatic carbocycles. The van der Waals surface area contributed by atoms with Crippen LogP contribution in [-0.4, -0.2) is 34.8 Å². The van der Waals surface area contributed by atoms with E-state index in [-0.39, 0.29) is 5.60 Å². The van der Waals surface area contributed by atoms with Crippen LogP contribution in [0.15, 0.2) is 12.4 Å². The predicted octanol–water partition coefficient (Wildman–Crippen LogP) is 3.17. The van der Waals surface area contributed by atoms with Crippen LogP contribution < -0.4 is 10.1 Å². The molecule has 0 radical (unpaired) electrons. The minimum atomic E-state index is -0.0814. The maximum Gasteiger partial charge on any atom is 0.234 e. The molecule has 1 N–H and O–H groups in total. The van der Waals surface area contributed by atoms with E-state index in [1.165, 1.54) is 19.3 Å². The Kier molecular flexibility index (Phi) is 4.58. The molecule has 1 aromatic heterocycles. The predicted molar refractivity (Wildman–Crippen MR) is 81.6 cm³/mol. The second-order valence-corrected chi connectivity index (χ2v) is 6.38. The Morgan fingerprint density at radius 2 is 2.14 bits per heavy atom. The molecule has 2 aliphatic rings. The lowest BCUT2D eigenvalue weighted by atomic mass is 9.98. The van der Waals surface area contributed by atoms with Crippen LogP contribution in [0, 0.1) is 0 Å². The van der Waals surface area contributed by atoms with Gasteiger partial charge in [0.1, 0.15) is 11.9 Å². The van der Waals surface area contributed by atoms with Gasteiger partial charge in [0.05, 0.1) is 18.0 Å². The van der Waals surface area contributed by atoms with Gasteiger partial charge in [-0.1, -0.05) is 6.42 Å². The van der Waals surface area contributed by atoms with Gasteiger partial charge in [-0.15, -0.1) is 0 Å². The summed E-state index contributed by atoms with van der Waals surface area (Å²) in [7, 11) is 0. The monoisotopic (exact) mass is 291 g/mol. The molecule has 5 heteroatoms. The smallest absolute Gasteiger partial charge is 0.234 e. The molecule has 0 bridgehead atoms. The van der Waals surface area contributed by atoms with E-state index in [2.05, 4.69) is 22.2 Å². The number of rotatable bonds is 5. The first-order valence-corrected chi connectivity index (χ1v) is 8.10. The van der Waals surface area contributed by atoms with Crippen molar-refractivity contribution in [3.05, 3.63) is 12.4 Å². The Balaban J connectivity index is 1.55. The Morgan fingerprint density at radius 3 is 2.90 bits per heavy atom. The summed E-state index contributed by atoms with van der Waals surface area (Å²) in [6.45, 7) is 3.76. The summed E-state index contributed by atoms with van der Waals surface area (Å²) >= 11 is 0. The summed E-state index contributed by atoms with van der Waals surface area (Å²) in [5, 5.41) is 3.33. The highest BCUT2D eigenvalue weighted by Gasteiger charge is 2.29. The van der Waals surface area contributed by atoms with Crippen LogP contribution in [0.2, 0.25) is 0 Å². The van der Waals surface area contributed by atoms with E-state index in [1.54, 1.807) is 12.4 Å². The minimum absolute atomic E-state index is 0.0814. The van der Waals surface area contributed by atoms with Crippen molar-refractivity contribution in [1.82, 2.24) is 9.97 Å². The van der Waals surface area contributed by atoms with Crippen LogP contribution in [0.1, 0.15) is 51.9 Å². The van der Waals surface area contributed by atoms with E-state index >= 15 is 0 Å². The summed E-state index contributed by atoms with van der Waals surface area (Å²) < 4.78 is 11.7. The van der Waals surface area contributed by atoms with Gasteiger partial charge in [0.25, 0.3) is 0 Å². The van der Waals surface area contributed by atoms with Crippen LogP contribution in [-0.2, 0) is 4.74 Å². The number of nitrogens with one attached hydrogen (secondary N) is 1. The third-order valence-electron chi connectivity index (χ3n) is 4.40. The van der Waals surface area contributed by atoms with Crippen molar-refractivity contribution in [2.24, 2.45) is 0 Å². The first-order chi connectivity index (χ1) is 10.2. The summed E-state index contributed by atoms with van der Waals surface area (Å²) in [5.41, 5.74) is -0.0814. The number of hydrogen-bond donors (Lipinski definition) is 1. The fraction of sp³-hybridized carbons (Fsp3) is 0.750. The maximum atomic E-state index is 5.95. The lowest BCUT2D eigenvalue weighted by Crippen LogP contribution is -2.32. The molecular formula is C16H25N3O2. The van der Waals surface area contributed by atoms with Crippen molar-refractivity contribution in [2.75, 3.05) is 18.5 Å². The first-order valence-electron chi connectivity index (χ1n) is 8.10. The van der Waals surface area contributed by atoms with Crippen molar-refractivity contribution in [3.63, 3.8) is 0 Å². The van der Waals surface area contributed by atoms with Gasteiger partial charge in [0.15, 0.2) is 0 Å². The largest absolute Gasteiger partial charge is 0.473 e. The van der Waals surface area contributed by atoms with E-state index in [9.17, 15) is 0 Å². The lowest BCUT2D eigenvalue weighted by Gasteiger charge is -2.24. The Morgan fingerprint density at radius 1 is 1.29 bits per heavy atom. The Bertz CT molecular complexity index is 455. The second kappa shape index (κ2) is 6.60. The zero-order chi connectivity index (χ0) is 14.5. The van der Waals surface area contributed by atoms with E-state index in [4.69, 9.17) is 9.47 Å². The fourth-order valence-corrected chi connectivity index (χ4v) is 3.10. The van der Waals surface area contributed by atoms with Crippen LogP contribution in [0.4, 0.5) is 5.82 Å². The number of nitrogens with zero attached hydrogens (tertiary/aromatic N) is 2. The summed E-state index contributed by atoms with van der Waals surface area (Å²) in [4.78, 5) is 8.73. The number of hydrogen-bond acceptors (Lipinski definition) is 5. The van der Waals surface area contributed by atoms with Gasteiger partial charge in [-0.05, 0) is 45.4 Å². The summed E-state index contributed by atoms with van der Waals surface area (Å²) in [6.07, 6.45) is 12.1. The summed E-state index contributed by atoms with van der Waals surface area (Å²) in [6, 6.07) is 0. The van der Waals surface area contributed by atoms with Crippen molar-refractivity contribution in [3.8, 4) is 5.88 Å². The van der Waals surface area contributed by atoms with Crippen LogP contribution in [0.3, 0.4) is 0 Å². The third kappa shape index (κ3) is 4.06. The molecule has 1 unspecified atom stereocenters. The van der Waals surface area contributed by atoms with Gasteiger partial charge in [0.2, 0.25) is 5.88 Å². The van der Waals surface area contributed by atoms with E-state index < -0.39 is 0 Å². The fourth-order valence-electron chi connectivity index (χ4n) is 3.10. The van der Waals surface area contributed by atoms with Crippen LogP contribution in [0.5, 0.6) is 5.88 Å². The molecule has 116 valence electrons. The molecule has 1 aromatic rings. The molecule has 1 aliphatic heterocycles. The molecule has 1 saturated heterocycles. The van der Waals surface area contributed by atoms with Crippen LogP contribution in [0.25, 0.3) is 0 Å². The molecular weight excluding hydrogens is 266 g/mol. The highest BCUT2D eigenvalue weighted by atomic mass is 16.5. The molecule has 5 nitrogen and oxygen atoms in total. The average Bonchev–Trinajstić information content (AvgIpc) is 2.94. The van der Waals surface area contributed by atoms with Crippen molar-refractivity contribution < 1.29 is 9.47 Å². The first kappa shape index (κ1) is 14.6. The highest BCUT2D eigenvalue weighted by molar-refractivity contribution is 5.33. The van der Waals surface area contributed by atoms with Crippen molar-refractivity contribution >= 4 is 5.82 Å². The molecule has 1 atom stereocenters. The zero-order valence-corrected chi connectivity index (χ0v) is 12.8. The molecule has 1 saturated carbocycles. The SMILES string of the molecule is CC1(CNc2cncc(OC3CCCCC3)n2)CCCO1. The van der Waals surface area contributed by atoms with Gasteiger partial charge < -0.3 is 14.8 Å². The molecule has 21 heavy (non-hydrogen) atoms. The second-order valence-electron chi connectivity index (χ2n) is 6.38. The zero-order valence-electron chi connectivity index (χ0n) is 12.8. The molecule has 0 spiro atoms. The van der Waals surface area contributed by atoms with Gasteiger partial charge in [-0.3, -0.25) is 4.98 Å². The van der Waals surface area contributed by atoms with Crippen molar-refractivity contribution in [1.29, 1.82) is 0 Å². The average molecular weight is 291 g/mol. The maximum absolute atomic E-state index is 5.95. The quantitative estimate of drug-likeness (QED) is 0.903. The van der Waals surface area contributed by atoms with Gasteiger partial charge in [-0.25, -0.2) is 0 Å². The molecule has 3 rings (SSSR count). The molecule has 2 fully saturated rings.